The number of rotatable bonds is 3. The summed E-state index contributed by atoms with van der Waals surface area (Å²) in [5.74, 6) is 1.70. The Hall–Kier alpha value is -2.27. The number of hydrogen-bond acceptors (Lipinski definition) is 5. The minimum absolute atomic E-state index is 0.810. The van der Waals surface area contributed by atoms with Gasteiger partial charge in [-0.1, -0.05) is 0 Å². The Balaban J connectivity index is 1.87. The molecule has 0 aromatic carbocycles. The predicted molar refractivity (Wildman–Crippen MR) is 80.1 cm³/mol. The standard InChI is InChI=1S/C15H13N3OS/c1-10(13-9-16-5-6-17-13)7-12-8-18-15(20-12)14-4-3-11(2)19-14/h3-9H,1-2H3. The zero-order chi connectivity index (χ0) is 13.9. The smallest absolute Gasteiger partial charge is 0.162 e. The van der Waals surface area contributed by atoms with Crippen LogP contribution in [-0.4, -0.2) is 15.0 Å². The van der Waals surface area contributed by atoms with Gasteiger partial charge in [-0.25, -0.2) is 4.98 Å². The van der Waals surface area contributed by atoms with Crippen molar-refractivity contribution in [1.29, 1.82) is 0 Å². The molecule has 5 heteroatoms. The molecule has 3 heterocycles. The number of aryl methyl sites for hydroxylation is 1. The normalized spacial score (nSPS) is 11.8. The molecule has 0 unspecified atom stereocenters. The topological polar surface area (TPSA) is 51.8 Å². The molecule has 100 valence electrons. The Kier molecular flexibility index (Phi) is 3.43. The Morgan fingerprint density at radius 1 is 1.20 bits per heavy atom. The molecule has 0 aliphatic carbocycles. The molecule has 0 aliphatic heterocycles. The van der Waals surface area contributed by atoms with E-state index >= 15 is 0 Å². The van der Waals surface area contributed by atoms with E-state index in [1.807, 2.05) is 32.2 Å². The molecule has 0 amide bonds. The van der Waals surface area contributed by atoms with E-state index in [4.69, 9.17) is 4.42 Å². The second-order valence-corrected chi connectivity index (χ2v) is 5.46. The lowest BCUT2D eigenvalue weighted by Crippen LogP contribution is -1.85. The fraction of sp³-hybridized carbons (Fsp3) is 0.133. The minimum Gasteiger partial charge on any atom is -0.459 e. The molecule has 0 fully saturated rings. The third kappa shape index (κ3) is 2.67. The van der Waals surface area contributed by atoms with E-state index in [0.717, 1.165) is 32.7 Å². The summed E-state index contributed by atoms with van der Waals surface area (Å²) in [5, 5.41) is 0.885. The van der Waals surface area contributed by atoms with E-state index < -0.39 is 0 Å². The molecule has 0 bridgehead atoms. The zero-order valence-electron chi connectivity index (χ0n) is 11.2. The average molecular weight is 283 g/mol. The second kappa shape index (κ2) is 5.38. The van der Waals surface area contributed by atoms with Gasteiger partial charge >= 0.3 is 0 Å². The number of thiazole rings is 1. The molecule has 3 aromatic rings. The van der Waals surface area contributed by atoms with E-state index in [1.54, 1.807) is 29.9 Å². The van der Waals surface area contributed by atoms with Crippen LogP contribution in [0.25, 0.3) is 22.4 Å². The van der Waals surface area contributed by atoms with Crippen LogP contribution in [0.4, 0.5) is 0 Å². The Bertz CT molecular complexity index is 743. The molecular weight excluding hydrogens is 270 g/mol. The van der Waals surface area contributed by atoms with Crippen LogP contribution < -0.4 is 0 Å². The maximum atomic E-state index is 5.58. The lowest BCUT2D eigenvalue weighted by Gasteiger charge is -1.97. The highest BCUT2D eigenvalue weighted by atomic mass is 32.1. The van der Waals surface area contributed by atoms with Gasteiger partial charge in [0.2, 0.25) is 0 Å². The van der Waals surface area contributed by atoms with Crippen LogP contribution in [0.3, 0.4) is 0 Å². The van der Waals surface area contributed by atoms with Crippen LogP contribution in [0, 0.1) is 6.92 Å². The van der Waals surface area contributed by atoms with Crippen molar-refractivity contribution in [3.63, 3.8) is 0 Å². The fourth-order valence-electron chi connectivity index (χ4n) is 1.81. The molecule has 0 saturated heterocycles. The SMILES string of the molecule is CC(=Cc1cnc(-c2ccc(C)o2)s1)c1cnccn1. The predicted octanol–water partition coefficient (Wildman–Crippen LogP) is 4.06. The summed E-state index contributed by atoms with van der Waals surface area (Å²) >= 11 is 1.59. The highest BCUT2D eigenvalue weighted by molar-refractivity contribution is 7.15. The largest absolute Gasteiger partial charge is 0.459 e. The third-order valence-corrected chi connectivity index (χ3v) is 3.76. The third-order valence-electron chi connectivity index (χ3n) is 2.80. The Labute approximate surface area is 120 Å². The van der Waals surface area contributed by atoms with Gasteiger partial charge in [0.25, 0.3) is 0 Å². The van der Waals surface area contributed by atoms with Crippen molar-refractivity contribution in [1.82, 2.24) is 15.0 Å². The van der Waals surface area contributed by atoms with E-state index in [0.29, 0.717) is 0 Å². The summed E-state index contributed by atoms with van der Waals surface area (Å²) in [4.78, 5) is 13.8. The van der Waals surface area contributed by atoms with Gasteiger partial charge in [-0.05, 0) is 37.6 Å². The van der Waals surface area contributed by atoms with E-state index in [2.05, 4.69) is 21.0 Å². The average Bonchev–Trinajstić information content (AvgIpc) is 3.09. The molecule has 0 saturated carbocycles. The Morgan fingerprint density at radius 3 is 2.80 bits per heavy atom. The van der Waals surface area contributed by atoms with Gasteiger partial charge in [0, 0.05) is 23.5 Å². The first-order chi connectivity index (χ1) is 9.72. The fourth-order valence-corrected chi connectivity index (χ4v) is 2.69. The maximum Gasteiger partial charge on any atom is 0.162 e. The van der Waals surface area contributed by atoms with E-state index in [9.17, 15) is 0 Å². The van der Waals surface area contributed by atoms with Crippen molar-refractivity contribution in [3.8, 4) is 10.8 Å². The number of nitrogens with zero attached hydrogens (tertiary/aromatic N) is 3. The van der Waals surface area contributed by atoms with Crippen LogP contribution in [0.1, 0.15) is 23.3 Å². The number of allylic oxidation sites excluding steroid dienone is 1. The second-order valence-electron chi connectivity index (χ2n) is 4.40. The van der Waals surface area contributed by atoms with Gasteiger partial charge in [-0.2, -0.15) is 0 Å². The van der Waals surface area contributed by atoms with Crippen molar-refractivity contribution in [2.45, 2.75) is 13.8 Å². The monoisotopic (exact) mass is 283 g/mol. The first-order valence-corrected chi connectivity index (χ1v) is 7.01. The van der Waals surface area contributed by atoms with Crippen molar-refractivity contribution < 1.29 is 4.42 Å². The first kappa shape index (κ1) is 12.7. The lowest BCUT2D eigenvalue weighted by atomic mass is 10.2. The minimum atomic E-state index is 0.810. The highest BCUT2D eigenvalue weighted by Gasteiger charge is 2.07. The van der Waals surface area contributed by atoms with Gasteiger partial charge in [0.1, 0.15) is 5.76 Å². The molecule has 3 aromatic heterocycles. The molecule has 0 atom stereocenters. The van der Waals surface area contributed by atoms with Crippen LogP contribution in [0.2, 0.25) is 0 Å². The summed E-state index contributed by atoms with van der Waals surface area (Å²) in [6.45, 7) is 3.94. The van der Waals surface area contributed by atoms with Crippen LogP contribution in [-0.2, 0) is 0 Å². The van der Waals surface area contributed by atoms with Gasteiger partial charge < -0.3 is 4.42 Å². The molecule has 0 aliphatic rings. The molecule has 4 nitrogen and oxygen atoms in total. The maximum absolute atomic E-state index is 5.58. The zero-order valence-corrected chi connectivity index (χ0v) is 12.0. The van der Waals surface area contributed by atoms with Gasteiger partial charge in [0.15, 0.2) is 10.8 Å². The number of furan rings is 1. The molecule has 0 N–H and O–H groups in total. The summed E-state index contributed by atoms with van der Waals surface area (Å²) in [6.07, 6.45) is 9.01. The highest BCUT2D eigenvalue weighted by Crippen LogP contribution is 2.28. The summed E-state index contributed by atoms with van der Waals surface area (Å²) in [7, 11) is 0. The molecule has 20 heavy (non-hydrogen) atoms. The van der Waals surface area contributed by atoms with Crippen molar-refractivity contribution in [2.75, 3.05) is 0 Å². The molecule has 3 rings (SSSR count). The van der Waals surface area contributed by atoms with Gasteiger partial charge in [-0.15, -0.1) is 11.3 Å². The van der Waals surface area contributed by atoms with E-state index in [-0.39, 0.29) is 0 Å². The first-order valence-electron chi connectivity index (χ1n) is 6.20. The summed E-state index contributed by atoms with van der Waals surface area (Å²) in [5.41, 5.74) is 1.93. The van der Waals surface area contributed by atoms with E-state index in [1.165, 1.54) is 0 Å². The molecular formula is C15H13N3OS. The summed E-state index contributed by atoms with van der Waals surface area (Å²) in [6, 6.07) is 3.88. The van der Waals surface area contributed by atoms with Crippen molar-refractivity contribution in [2.24, 2.45) is 0 Å². The van der Waals surface area contributed by atoms with Crippen molar-refractivity contribution >= 4 is 23.0 Å². The van der Waals surface area contributed by atoms with Crippen LogP contribution >= 0.6 is 11.3 Å². The quantitative estimate of drug-likeness (QED) is 0.727. The molecule has 0 spiro atoms. The van der Waals surface area contributed by atoms with Crippen molar-refractivity contribution in [3.05, 3.63) is 53.3 Å². The number of aromatic nitrogens is 3. The van der Waals surface area contributed by atoms with Gasteiger partial charge in [-0.3, -0.25) is 9.97 Å². The van der Waals surface area contributed by atoms with Gasteiger partial charge in [0.05, 0.1) is 11.9 Å². The van der Waals surface area contributed by atoms with Crippen LogP contribution in [0.5, 0.6) is 0 Å². The van der Waals surface area contributed by atoms with Crippen LogP contribution in [0.15, 0.2) is 41.3 Å². The molecule has 0 radical (unpaired) electrons. The Morgan fingerprint density at radius 2 is 2.10 bits per heavy atom. The lowest BCUT2D eigenvalue weighted by molar-refractivity contribution is 0.548. The number of hydrogen-bond donors (Lipinski definition) is 0. The summed E-state index contributed by atoms with van der Waals surface area (Å²) < 4.78 is 5.58.